The van der Waals surface area contributed by atoms with Gasteiger partial charge in [-0.25, -0.2) is 4.79 Å². The second-order valence-electron chi connectivity index (χ2n) is 9.01. The van der Waals surface area contributed by atoms with E-state index in [0.29, 0.717) is 43.4 Å². The molecule has 2 heterocycles. The van der Waals surface area contributed by atoms with Gasteiger partial charge in [-0.1, -0.05) is 65.3 Å². The summed E-state index contributed by atoms with van der Waals surface area (Å²) in [6.07, 6.45) is -3.10. The molecule has 222 valence electrons. The molecule has 1 amide bonds. The number of halogens is 5. The monoisotopic (exact) mass is 649 g/mol. The molecule has 3 aromatic rings. The van der Waals surface area contributed by atoms with Crippen molar-refractivity contribution in [1.82, 2.24) is 0 Å². The van der Waals surface area contributed by atoms with E-state index in [-0.39, 0.29) is 18.1 Å². The molecule has 0 saturated carbocycles. The quantitative estimate of drug-likeness (QED) is 0.164. The van der Waals surface area contributed by atoms with E-state index in [2.05, 4.69) is 20.0 Å². The number of ether oxygens (including phenoxy) is 2. The molecular formula is C28H20Cl2F3N5O4S. The lowest BCUT2D eigenvalue weighted by atomic mass is 10.0. The molecule has 2 aliphatic rings. The number of esters is 1. The van der Waals surface area contributed by atoms with Crippen molar-refractivity contribution in [2.75, 3.05) is 22.8 Å². The molecule has 9 nitrogen and oxygen atoms in total. The van der Waals surface area contributed by atoms with Gasteiger partial charge < -0.3 is 9.47 Å². The average molecular weight is 650 g/mol. The molecule has 1 unspecified atom stereocenters. The Morgan fingerprint density at radius 1 is 1.07 bits per heavy atom. The molecule has 0 bridgehead atoms. The molecular weight excluding hydrogens is 630 g/mol. The van der Waals surface area contributed by atoms with Crippen LogP contribution < -0.4 is 14.6 Å². The number of para-hydroxylation sites is 1. The number of hydrogen-bond acceptors (Lipinski definition) is 9. The van der Waals surface area contributed by atoms with Crippen molar-refractivity contribution in [1.29, 1.82) is 0 Å². The number of carbonyl (C=O) groups excluding carboxylic acids is 2. The van der Waals surface area contributed by atoms with Crippen molar-refractivity contribution in [3.8, 4) is 5.75 Å². The number of alkyl halides is 3. The van der Waals surface area contributed by atoms with Crippen LogP contribution in [-0.4, -0.2) is 54.2 Å². The number of thioether (sulfide) groups is 1. The number of amides is 1. The zero-order valence-electron chi connectivity index (χ0n) is 22.1. The van der Waals surface area contributed by atoms with Crippen LogP contribution in [0.3, 0.4) is 0 Å². The van der Waals surface area contributed by atoms with Crippen molar-refractivity contribution < 1.29 is 32.2 Å². The fourth-order valence-electron chi connectivity index (χ4n) is 4.31. The minimum Gasteiger partial charge on any atom is -0.467 e. The highest BCUT2D eigenvalue weighted by Crippen LogP contribution is 2.38. The fourth-order valence-corrected chi connectivity index (χ4v) is 5.68. The van der Waals surface area contributed by atoms with Gasteiger partial charge in [-0.05, 0) is 47.5 Å². The van der Waals surface area contributed by atoms with Gasteiger partial charge in [-0.2, -0.15) is 10.2 Å². The summed E-state index contributed by atoms with van der Waals surface area (Å²) in [7, 11) is 1.25. The summed E-state index contributed by atoms with van der Waals surface area (Å²) in [5.74, 6) is -0.995. The van der Waals surface area contributed by atoms with Gasteiger partial charge in [-0.15, -0.1) is 18.3 Å². The molecule has 43 heavy (non-hydrogen) atoms. The zero-order chi connectivity index (χ0) is 30.7. The minimum atomic E-state index is -4.82. The van der Waals surface area contributed by atoms with Crippen molar-refractivity contribution in [3.05, 3.63) is 87.9 Å². The molecule has 15 heteroatoms. The van der Waals surface area contributed by atoms with Crippen molar-refractivity contribution in [2.24, 2.45) is 15.3 Å². The summed E-state index contributed by atoms with van der Waals surface area (Å²) in [5.41, 5.74) is 2.72. The molecule has 0 N–H and O–H groups in total. The maximum absolute atomic E-state index is 12.5. The van der Waals surface area contributed by atoms with Crippen LogP contribution in [0.5, 0.6) is 5.75 Å². The van der Waals surface area contributed by atoms with Crippen molar-refractivity contribution in [3.63, 3.8) is 0 Å². The lowest BCUT2D eigenvalue weighted by Gasteiger charge is -2.21. The maximum atomic E-state index is 12.5. The van der Waals surface area contributed by atoms with Crippen molar-refractivity contribution in [2.45, 2.75) is 18.8 Å². The number of carbonyl (C=O) groups is 2. The lowest BCUT2D eigenvalue weighted by molar-refractivity contribution is -0.274. The molecule has 1 atom stereocenters. The lowest BCUT2D eigenvalue weighted by Crippen LogP contribution is -2.35. The van der Waals surface area contributed by atoms with Gasteiger partial charge >= 0.3 is 12.3 Å². The molecule has 3 aromatic carbocycles. The summed E-state index contributed by atoms with van der Waals surface area (Å²) in [4.78, 5) is 26.4. The van der Waals surface area contributed by atoms with Gasteiger partial charge in [-0.3, -0.25) is 14.7 Å². The predicted molar refractivity (Wildman–Crippen MR) is 160 cm³/mol. The normalized spacial score (nSPS) is 18.1. The molecule has 5 rings (SSSR count). The fraction of sp³-hybridized carbons (Fsp3) is 0.179. The number of hydrogen-bond donors (Lipinski definition) is 0. The predicted octanol–water partition coefficient (Wildman–Crippen LogP) is 6.52. The van der Waals surface area contributed by atoms with Gasteiger partial charge in [0, 0.05) is 6.42 Å². The van der Waals surface area contributed by atoms with Crippen LogP contribution >= 0.6 is 35.0 Å². The third-order valence-corrected chi connectivity index (χ3v) is 7.76. The largest absolute Gasteiger partial charge is 0.573 e. The third-order valence-electron chi connectivity index (χ3n) is 6.24. The zero-order valence-corrected chi connectivity index (χ0v) is 24.4. The number of rotatable bonds is 7. The Kier molecular flexibility index (Phi) is 8.95. The minimum absolute atomic E-state index is 0.168. The SMILES string of the molecule is COC(=O)C1CC(c2ccc(C=NN=C3SCC(=O)N3c3c(Cl)cccc3Cl)cc2)=NN1c1ccc(OC(F)(F)F)cc1. The summed E-state index contributed by atoms with van der Waals surface area (Å²) in [5, 5.41) is 15.2. The number of benzene rings is 3. The first-order chi connectivity index (χ1) is 20.5. The van der Waals surface area contributed by atoms with Crippen LogP contribution in [0.1, 0.15) is 17.5 Å². The van der Waals surface area contributed by atoms with Gasteiger partial charge in [0.15, 0.2) is 11.2 Å². The third kappa shape index (κ3) is 6.95. The molecule has 1 fully saturated rings. The van der Waals surface area contributed by atoms with E-state index in [0.717, 1.165) is 12.1 Å². The Bertz CT molecular complexity index is 1610. The van der Waals surface area contributed by atoms with Crippen molar-refractivity contribution >= 4 is 75.3 Å². The molecule has 0 spiro atoms. The second-order valence-corrected chi connectivity index (χ2v) is 10.8. The number of amidine groups is 1. The first-order valence-corrected chi connectivity index (χ1v) is 14.2. The van der Waals surface area contributed by atoms with Crippen LogP contribution in [0.2, 0.25) is 10.0 Å². The smallest absolute Gasteiger partial charge is 0.467 e. The summed E-state index contributed by atoms with van der Waals surface area (Å²) in [6, 6.07) is 16.3. The highest BCUT2D eigenvalue weighted by Gasteiger charge is 2.36. The van der Waals surface area contributed by atoms with Gasteiger partial charge in [0.1, 0.15) is 5.75 Å². The summed E-state index contributed by atoms with van der Waals surface area (Å²) >= 11 is 13.8. The van der Waals surface area contributed by atoms with E-state index in [1.807, 2.05) is 0 Å². The summed E-state index contributed by atoms with van der Waals surface area (Å²) < 4.78 is 46.4. The van der Waals surface area contributed by atoms with Gasteiger partial charge in [0.2, 0.25) is 5.91 Å². The Morgan fingerprint density at radius 3 is 2.37 bits per heavy atom. The molecule has 0 aliphatic carbocycles. The van der Waals surface area contributed by atoms with Crippen LogP contribution in [0.25, 0.3) is 0 Å². The first kappa shape index (κ1) is 30.4. The van der Waals surface area contributed by atoms with E-state index in [4.69, 9.17) is 27.9 Å². The van der Waals surface area contributed by atoms with E-state index in [1.165, 1.54) is 47.1 Å². The van der Waals surface area contributed by atoms with E-state index >= 15 is 0 Å². The number of methoxy groups -OCH3 is 1. The van der Waals surface area contributed by atoms with Crippen LogP contribution in [0.4, 0.5) is 24.5 Å². The Morgan fingerprint density at radius 2 is 1.74 bits per heavy atom. The average Bonchev–Trinajstić information content (AvgIpc) is 3.57. The first-order valence-electron chi connectivity index (χ1n) is 12.5. The van der Waals surface area contributed by atoms with Crippen LogP contribution in [-0.2, 0) is 14.3 Å². The molecule has 2 aliphatic heterocycles. The van der Waals surface area contributed by atoms with Gasteiger partial charge in [0.05, 0.1) is 46.2 Å². The maximum Gasteiger partial charge on any atom is 0.573 e. The molecule has 1 saturated heterocycles. The van der Waals surface area contributed by atoms with Gasteiger partial charge in [0.25, 0.3) is 0 Å². The van der Waals surface area contributed by atoms with Crippen LogP contribution in [0, 0.1) is 0 Å². The number of anilines is 2. The highest BCUT2D eigenvalue weighted by atomic mass is 35.5. The topological polar surface area (TPSA) is 96.2 Å². The summed E-state index contributed by atoms with van der Waals surface area (Å²) in [6.45, 7) is 0. The Hall–Kier alpha value is -4.07. The second kappa shape index (κ2) is 12.7. The standard InChI is InChI=1S/C28H20Cl2F3N5O4S/c1-41-26(40)23-13-22(36-38(23)18-9-11-19(12-10-18)42-28(31,32)33)17-7-5-16(6-8-17)14-34-35-27-37(24(39)15-43-27)25-20(29)3-2-4-21(25)30/h2-12,14,23H,13,15H2,1H3. The number of nitrogens with zero attached hydrogens (tertiary/aromatic N) is 5. The molecule has 0 radical (unpaired) electrons. The van der Waals surface area contributed by atoms with E-state index in [9.17, 15) is 22.8 Å². The Balaban J connectivity index is 1.32. The Labute approximate surface area is 257 Å². The molecule has 0 aromatic heterocycles. The highest BCUT2D eigenvalue weighted by molar-refractivity contribution is 8.15. The van der Waals surface area contributed by atoms with E-state index < -0.39 is 24.1 Å². The van der Waals surface area contributed by atoms with E-state index in [1.54, 1.807) is 42.5 Å². The van der Waals surface area contributed by atoms with Crippen LogP contribution in [0.15, 0.2) is 82.0 Å². The number of hydrazone groups is 1.